The van der Waals surface area contributed by atoms with Crippen LogP contribution in [0.1, 0.15) is 13.8 Å². The molecule has 1 saturated heterocycles. The van der Waals surface area contributed by atoms with Crippen LogP contribution in [0.2, 0.25) is 0 Å². The van der Waals surface area contributed by atoms with Gasteiger partial charge in [-0.15, -0.1) is 0 Å². The SMILES string of the molecule is CC1C=CC(C)(N2CCN(C)CC2)C=C1. The zero-order valence-electron chi connectivity index (χ0n) is 10.1. The topological polar surface area (TPSA) is 6.48 Å². The van der Waals surface area contributed by atoms with Crippen LogP contribution in [0.3, 0.4) is 0 Å². The monoisotopic (exact) mass is 206 g/mol. The summed E-state index contributed by atoms with van der Waals surface area (Å²) >= 11 is 0. The summed E-state index contributed by atoms with van der Waals surface area (Å²) in [5.41, 5.74) is 0.160. The Kier molecular flexibility index (Phi) is 2.98. The third-order valence-corrected chi connectivity index (χ3v) is 3.66. The van der Waals surface area contributed by atoms with Gasteiger partial charge >= 0.3 is 0 Å². The molecule has 0 aromatic carbocycles. The van der Waals surface area contributed by atoms with Crippen LogP contribution in [0.5, 0.6) is 0 Å². The van der Waals surface area contributed by atoms with Crippen LogP contribution >= 0.6 is 0 Å². The summed E-state index contributed by atoms with van der Waals surface area (Å²) in [7, 11) is 2.20. The molecule has 1 heterocycles. The molecule has 0 aromatic rings. The standard InChI is InChI=1S/C13H22N2/c1-12-4-6-13(2,7-5-12)15-10-8-14(3)9-11-15/h4-7,12H,8-11H2,1-3H3. The number of piperazine rings is 1. The second-order valence-corrected chi connectivity index (χ2v) is 5.09. The van der Waals surface area contributed by atoms with E-state index in [4.69, 9.17) is 0 Å². The van der Waals surface area contributed by atoms with Gasteiger partial charge in [-0.2, -0.15) is 0 Å². The normalized spacial score (nSPS) is 38.5. The molecule has 0 unspecified atom stereocenters. The molecule has 0 saturated carbocycles. The number of likely N-dealkylation sites (N-methyl/N-ethyl adjacent to an activating group) is 1. The van der Waals surface area contributed by atoms with Crippen molar-refractivity contribution in [3.8, 4) is 0 Å². The summed E-state index contributed by atoms with van der Waals surface area (Å²) in [6.45, 7) is 9.28. The summed E-state index contributed by atoms with van der Waals surface area (Å²) in [5.74, 6) is 0.602. The molecule has 0 spiro atoms. The van der Waals surface area contributed by atoms with Gasteiger partial charge in [-0.1, -0.05) is 31.2 Å². The van der Waals surface area contributed by atoms with E-state index in [9.17, 15) is 0 Å². The van der Waals surface area contributed by atoms with Gasteiger partial charge in [0.1, 0.15) is 0 Å². The minimum absolute atomic E-state index is 0.160. The molecule has 1 fully saturated rings. The van der Waals surface area contributed by atoms with Crippen molar-refractivity contribution in [1.29, 1.82) is 0 Å². The van der Waals surface area contributed by atoms with E-state index < -0.39 is 0 Å². The highest BCUT2D eigenvalue weighted by Gasteiger charge is 2.30. The van der Waals surface area contributed by atoms with Crippen LogP contribution in [0.15, 0.2) is 24.3 Å². The van der Waals surface area contributed by atoms with Gasteiger partial charge in [0.05, 0.1) is 5.54 Å². The fourth-order valence-electron chi connectivity index (χ4n) is 2.31. The maximum Gasteiger partial charge on any atom is 0.0547 e. The molecule has 0 radical (unpaired) electrons. The molecule has 2 aliphatic rings. The van der Waals surface area contributed by atoms with E-state index in [1.807, 2.05) is 0 Å². The third-order valence-electron chi connectivity index (χ3n) is 3.66. The molecule has 0 aromatic heterocycles. The molecule has 1 aliphatic carbocycles. The van der Waals surface area contributed by atoms with Crippen molar-refractivity contribution in [1.82, 2.24) is 9.80 Å². The molecule has 2 nitrogen and oxygen atoms in total. The highest BCUT2D eigenvalue weighted by atomic mass is 15.3. The molecule has 84 valence electrons. The van der Waals surface area contributed by atoms with E-state index in [0.29, 0.717) is 5.92 Å². The Morgan fingerprint density at radius 3 is 2.13 bits per heavy atom. The Bertz CT molecular complexity index is 258. The fourth-order valence-corrected chi connectivity index (χ4v) is 2.31. The fraction of sp³-hybridized carbons (Fsp3) is 0.692. The van der Waals surface area contributed by atoms with Gasteiger partial charge < -0.3 is 4.90 Å². The van der Waals surface area contributed by atoms with Crippen LogP contribution in [0, 0.1) is 5.92 Å². The lowest BCUT2D eigenvalue weighted by molar-refractivity contribution is 0.103. The van der Waals surface area contributed by atoms with E-state index in [2.05, 4.69) is 55.0 Å². The first kappa shape index (κ1) is 10.9. The molecule has 0 amide bonds. The molecular weight excluding hydrogens is 184 g/mol. The van der Waals surface area contributed by atoms with Gasteiger partial charge in [0.25, 0.3) is 0 Å². The predicted molar refractivity (Wildman–Crippen MR) is 64.9 cm³/mol. The summed E-state index contributed by atoms with van der Waals surface area (Å²) in [6, 6.07) is 0. The predicted octanol–water partition coefficient (Wildman–Crippen LogP) is 1.75. The van der Waals surface area contributed by atoms with Crippen LogP contribution in [-0.4, -0.2) is 48.6 Å². The molecule has 0 N–H and O–H groups in total. The minimum Gasteiger partial charge on any atom is -0.304 e. The summed E-state index contributed by atoms with van der Waals surface area (Å²) in [6.07, 6.45) is 9.36. The lowest BCUT2D eigenvalue weighted by Crippen LogP contribution is -2.53. The summed E-state index contributed by atoms with van der Waals surface area (Å²) < 4.78 is 0. The van der Waals surface area contributed by atoms with Gasteiger partial charge in [-0.25, -0.2) is 0 Å². The van der Waals surface area contributed by atoms with E-state index in [1.165, 1.54) is 26.2 Å². The van der Waals surface area contributed by atoms with Gasteiger partial charge in [-0.3, -0.25) is 4.90 Å². The maximum atomic E-state index is 2.58. The minimum atomic E-state index is 0.160. The molecule has 1 aliphatic heterocycles. The van der Waals surface area contributed by atoms with Crippen LogP contribution in [0.4, 0.5) is 0 Å². The molecule has 0 atom stereocenters. The van der Waals surface area contributed by atoms with Crippen molar-refractivity contribution in [3.63, 3.8) is 0 Å². The molecule has 0 bridgehead atoms. The van der Waals surface area contributed by atoms with Gasteiger partial charge in [0.15, 0.2) is 0 Å². The molecule has 2 heteroatoms. The Morgan fingerprint density at radius 1 is 1.07 bits per heavy atom. The number of hydrogen-bond donors (Lipinski definition) is 0. The Labute approximate surface area is 93.2 Å². The van der Waals surface area contributed by atoms with E-state index in [-0.39, 0.29) is 5.54 Å². The number of nitrogens with zero attached hydrogens (tertiary/aromatic N) is 2. The van der Waals surface area contributed by atoms with Crippen LogP contribution in [-0.2, 0) is 0 Å². The molecule has 15 heavy (non-hydrogen) atoms. The highest BCUT2D eigenvalue weighted by molar-refractivity contribution is 5.24. The lowest BCUT2D eigenvalue weighted by atomic mass is 9.90. The zero-order chi connectivity index (χ0) is 10.9. The average Bonchev–Trinajstić information content (AvgIpc) is 2.24. The lowest BCUT2D eigenvalue weighted by Gasteiger charge is -2.43. The molecular formula is C13H22N2. The average molecular weight is 206 g/mol. The van der Waals surface area contributed by atoms with Crippen molar-refractivity contribution in [2.24, 2.45) is 5.92 Å². The maximum absolute atomic E-state index is 2.58. The smallest absolute Gasteiger partial charge is 0.0547 e. The van der Waals surface area contributed by atoms with Crippen molar-refractivity contribution in [3.05, 3.63) is 24.3 Å². The number of allylic oxidation sites excluding steroid dienone is 2. The first-order valence-corrected chi connectivity index (χ1v) is 5.92. The largest absolute Gasteiger partial charge is 0.304 e. The first-order valence-electron chi connectivity index (χ1n) is 5.92. The second kappa shape index (κ2) is 4.11. The summed E-state index contributed by atoms with van der Waals surface area (Å²) in [4.78, 5) is 4.98. The van der Waals surface area contributed by atoms with Gasteiger partial charge in [0.2, 0.25) is 0 Å². The number of hydrogen-bond acceptors (Lipinski definition) is 2. The zero-order valence-corrected chi connectivity index (χ0v) is 10.1. The molecule has 2 rings (SSSR count). The first-order chi connectivity index (χ1) is 7.10. The van der Waals surface area contributed by atoms with Crippen LogP contribution < -0.4 is 0 Å². The second-order valence-electron chi connectivity index (χ2n) is 5.09. The highest BCUT2D eigenvalue weighted by Crippen LogP contribution is 2.25. The summed E-state index contributed by atoms with van der Waals surface area (Å²) in [5, 5.41) is 0. The van der Waals surface area contributed by atoms with Gasteiger partial charge in [0, 0.05) is 26.2 Å². The van der Waals surface area contributed by atoms with Crippen molar-refractivity contribution in [2.45, 2.75) is 19.4 Å². The van der Waals surface area contributed by atoms with Crippen molar-refractivity contribution < 1.29 is 0 Å². The third kappa shape index (κ3) is 2.32. The number of rotatable bonds is 1. The van der Waals surface area contributed by atoms with E-state index >= 15 is 0 Å². The quantitative estimate of drug-likeness (QED) is 0.603. The van der Waals surface area contributed by atoms with Crippen molar-refractivity contribution >= 4 is 0 Å². The van der Waals surface area contributed by atoms with Crippen molar-refractivity contribution in [2.75, 3.05) is 33.2 Å². The van der Waals surface area contributed by atoms with Crippen LogP contribution in [0.25, 0.3) is 0 Å². The van der Waals surface area contributed by atoms with Gasteiger partial charge in [-0.05, 0) is 19.9 Å². The Morgan fingerprint density at radius 2 is 1.60 bits per heavy atom. The Hall–Kier alpha value is -0.600. The Balaban J connectivity index is 2.04. The van der Waals surface area contributed by atoms with E-state index in [1.54, 1.807) is 0 Å². The van der Waals surface area contributed by atoms with E-state index in [0.717, 1.165) is 0 Å².